The first-order valence-electron chi connectivity index (χ1n) is 7.82. The average molecular weight is 333 g/mol. The van der Waals surface area contributed by atoms with E-state index in [1.807, 2.05) is 0 Å². The number of carbonyl (C=O) groups is 1. The van der Waals surface area contributed by atoms with Gasteiger partial charge in [0.05, 0.1) is 19.1 Å². The summed E-state index contributed by atoms with van der Waals surface area (Å²) in [6, 6.07) is 4.59. The molecule has 0 bridgehead atoms. The van der Waals surface area contributed by atoms with Gasteiger partial charge in [0.25, 0.3) is 0 Å². The molecule has 4 heterocycles. The van der Waals surface area contributed by atoms with Crippen LogP contribution in [-0.2, 0) is 16.0 Å². The molecule has 2 aromatic rings. The van der Waals surface area contributed by atoms with Crippen molar-refractivity contribution in [3.63, 3.8) is 0 Å². The Bertz CT molecular complexity index is 649. The van der Waals surface area contributed by atoms with Gasteiger partial charge >= 0.3 is 0 Å². The topological polar surface area (TPSA) is 29.5 Å². The Morgan fingerprint density at radius 1 is 1.36 bits per heavy atom. The number of ether oxygens (including phenoxy) is 1. The van der Waals surface area contributed by atoms with Crippen LogP contribution in [0.25, 0.3) is 0 Å². The molecule has 0 aromatic carbocycles. The van der Waals surface area contributed by atoms with E-state index in [-0.39, 0.29) is 18.1 Å². The van der Waals surface area contributed by atoms with Crippen LogP contribution in [0, 0.1) is 0 Å². The van der Waals surface area contributed by atoms with Crippen LogP contribution in [0.4, 0.5) is 0 Å². The van der Waals surface area contributed by atoms with Gasteiger partial charge in [-0.25, -0.2) is 0 Å². The van der Waals surface area contributed by atoms with Crippen LogP contribution in [0.15, 0.2) is 28.3 Å². The molecule has 0 N–H and O–H groups in total. The second-order valence-electron chi connectivity index (χ2n) is 5.93. The first-order valence-corrected chi connectivity index (χ1v) is 9.64. The molecular formula is C17H19NO2S2. The van der Waals surface area contributed by atoms with E-state index in [2.05, 4.69) is 33.2 Å². The third kappa shape index (κ3) is 2.62. The molecule has 22 heavy (non-hydrogen) atoms. The zero-order valence-corrected chi connectivity index (χ0v) is 14.0. The minimum atomic E-state index is -0.0417. The molecule has 2 aliphatic rings. The van der Waals surface area contributed by atoms with Gasteiger partial charge in [0.2, 0.25) is 5.91 Å². The quantitative estimate of drug-likeness (QED) is 0.843. The molecule has 0 radical (unpaired) electrons. The predicted octanol–water partition coefficient (Wildman–Crippen LogP) is 4.18. The molecule has 116 valence electrons. The lowest BCUT2D eigenvalue weighted by Crippen LogP contribution is -2.32. The van der Waals surface area contributed by atoms with Crippen molar-refractivity contribution in [1.82, 2.24) is 4.90 Å². The summed E-state index contributed by atoms with van der Waals surface area (Å²) in [5, 5.41) is 6.38. The van der Waals surface area contributed by atoms with Crippen LogP contribution in [0.5, 0.6) is 0 Å². The molecule has 0 spiro atoms. The highest BCUT2D eigenvalue weighted by Crippen LogP contribution is 2.37. The lowest BCUT2D eigenvalue weighted by Gasteiger charge is -2.28. The highest BCUT2D eigenvalue weighted by atomic mass is 32.1. The lowest BCUT2D eigenvalue weighted by atomic mass is 10.0. The maximum absolute atomic E-state index is 12.8. The van der Waals surface area contributed by atoms with Gasteiger partial charge in [-0.15, -0.1) is 11.3 Å². The Balaban J connectivity index is 1.49. The molecule has 0 aliphatic carbocycles. The number of likely N-dealkylation sites (tertiary alicyclic amines) is 1. The molecule has 2 aliphatic heterocycles. The van der Waals surface area contributed by atoms with Crippen molar-refractivity contribution in [2.45, 2.75) is 37.8 Å². The summed E-state index contributed by atoms with van der Waals surface area (Å²) in [6.07, 6.45) is 3.60. The third-order valence-corrected chi connectivity index (χ3v) is 6.38. The van der Waals surface area contributed by atoms with E-state index in [1.165, 1.54) is 16.0 Å². The van der Waals surface area contributed by atoms with Crippen LogP contribution in [-0.4, -0.2) is 24.0 Å². The monoisotopic (exact) mass is 333 g/mol. The van der Waals surface area contributed by atoms with Gasteiger partial charge in [-0.2, -0.15) is 11.3 Å². The number of nitrogens with zero attached hydrogens (tertiary/aromatic N) is 1. The molecule has 1 amide bonds. The Morgan fingerprint density at radius 3 is 3.18 bits per heavy atom. The minimum absolute atomic E-state index is 0.0417. The molecule has 5 heteroatoms. The Hall–Kier alpha value is -1.17. The molecular weight excluding hydrogens is 314 g/mol. The van der Waals surface area contributed by atoms with E-state index in [1.54, 1.807) is 22.7 Å². The number of hydrogen-bond acceptors (Lipinski definition) is 4. The Kier molecular flexibility index (Phi) is 4.03. The highest BCUT2D eigenvalue weighted by molar-refractivity contribution is 7.10. The van der Waals surface area contributed by atoms with Crippen molar-refractivity contribution < 1.29 is 9.53 Å². The Morgan fingerprint density at radius 2 is 2.32 bits per heavy atom. The predicted molar refractivity (Wildman–Crippen MR) is 89.3 cm³/mol. The zero-order chi connectivity index (χ0) is 14.9. The van der Waals surface area contributed by atoms with Crippen LogP contribution < -0.4 is 0 Å². The molecule has 3 nitrogen and oxygen atoms in total. The van der Waals surface area contributed by atoms with Crippen LogP contribution in [0.3, 0.4) is 0 Å². The second kappa shape index (κ2) is 6.14. The van der Waals surface area contributed by atoms with Gasteiger partial charge in [-0.3, -0.25) is 4.79 Å². The number of hydrogen-bond donors (Lipinski definition) is 0. The van der Waals surface area contributed by atoms with Crippen molar-refractivity contribution in [3.8, 4) is 0 Å². The maximum Gasteiger partial charge on any atom is 0.226 e. The van der Waals surface area contributed by atoms with Gasteiger partial charge < -0.3 is 9.64 Å². The molecule has 2 atom stereocenters. The third-order valence-electron chi connectivity index (χ3n) is 4.62. The van der Waals surface area contributed by atoms with Crippen molar-refractivity contribution in [3.05, 3.63) is 44.3 Å². The second-order valence-corrected chi connectivity index (χ2v) is 7.65. The molecule has 1 saturated heterocycles. The van der Waals surface area contributed by atoms with Gasteiger partial charge in [-0.1, -0.05) is 0 Å². The van der Waals surface area contributed by atoms with E-state index in [4.69, 9.17) is 4.74 Å². The minimum Gasteiger partial charge on any atom is -0.372 e. The number of carbonyl (C=O) groups excluding carboxylic acids is 1. The molecule has 0 saturated carbocycles. The van der Waals surface area contributed by atoms with Crippen molar-refractivity contribution in [2.24, 2.45) is 0 Å². The van der Waals surface area contributed by atoms with Crippen molar-refractivity contribution in [1.29, 1.82) is 0 Å². The van der Waals surface area contributed by atoms with Crippen LogP contribution >= 0.6 is 22.7 Å². The first kappa shape index (κ1) is 14.4. The Labute approximate surface area is 138 Å². The molecule has 0 unspecified atom stereocenters. The number of thiophene rings is 2. The normalized spacial score (nSPS) is 24.5. The standard InChI is InChI=1S/C17H19NO2S2/c19-16(10-15-17-12(3-7-20-15)5-9-22-17)18-6-1-2-14(18)13-4-8-21-11-13/h4-5,8-9,11,14-15H,1-3,6-7,10H2/t14-,15-/m0/s1. The van der Waals surface area contributed by atoms with E-state index in [0.29, 0.717) is 6.42 Å². The van der Waals surface area contributed by atoms with Crippen LogP contribution in [0.2, 0.25) is 0 Å². The fraction of sp³-hybridized carbons (Fsp3) is 0.471. The summed E-state index contributed by atoms with van der Waals surface area (Å²) < 4.78 is 5.88. The number of amides is 1. The van der Waals surface area contributed by atoms with E-state index in [0.717, 1.165) is 32.4 Å². The van der Waals surface area contributed by atoms with E-state index < -0.39 is 0 Å². The van der Waals surface area contributed by atoms with Crippen molar-refractivity contribution in [2.75, 3.05) is 13.2 Å². The SMILES string of the molecule is O=C(C[C@@H]1OCCc2ccsc21)N1CCC[C@H]1c1ccsc1. The summed E-state index contributed by atoms with van der Waals surface area (Å²) in [5.41, 5.74) is 2.65. The van der Waals surface area contributed by atoms with Gasteiger partial charge in [0, 0.05) is 11.4 Å². The molecule has 4 rings (SSSR count). The summed E-state index contributed by atoms with van der Waals surface area (Å²) in [4.78, 5) is 16.1. The summed E-state index contributed by atoms with van der Waals surface area (Å²) in [7, 11) is 0. The highest BCUT2D eigenvalue weighted by Gasteiger charge is 2.33. The average Bonchev–Trinajstić information content (AvgIpc) is 3.27. The van der Waals surface area contributed by atoms with E-state index >= 15 is 0 Å². The summed E-state index contributed by atoms with van der Waals surface area (Å²) >= 11 is 3.43. The zero-order valence-electron chi connectivity index (χ0n) is 12.4. The fourth-order valence-corrected chi connectivity index (χ4v) is 5.24. The summed E-state index contributed by atoms with van der Waals surface area (Å²) in [5.74, 6) is 0.236. The largest absolute Gasteiger partial charge is 0.372 e. The molecule has 2 aromatic heterocycles. The maximum atomic E-state index is 12.8. The van der Waals surface area contributed by atoms with Gasteiger partial charge in [0.1, 0.15) is 6.10 Å². The smallest absolute Gasteiger partial charge is 0.226 e. The summed E-state index contributed by atoms with van der Waals surface area (Å²) in [6.45, 7) is 1.61. The van der Waals surface area contributed by atoms with Gasteiger partial charge in [0.15, 0.2) is 0 Å². The number of fused-ring (bicyclic) bond motifs is 1. The lowest BCUT2D eigenvalue weighted by molar-refractivity contribution is -0.135. The number of rotatable bonds is 3. The van der Waals surface area contributed by atoms with Gasteiger partial charge in [-0.05, 0) is 58.7 Å². The molecule has 1 fully saturated rings. The van der Waals surface area contributed by atoms with Crippen molar-refractivity contribution >= 4 is 28.6 Å². The van der Waals surface area contributed by atoms with Crippen LogP contribution in [0.1, 0.15) is 47.4 Å². The van der Waals surface area contributed by atoms with E-state index in [9.17, 15) is 4.79 Å². The fourth-order valence-electron chi connectivity index (χ4n) is 3.53. The first-order chi connectivity index (χ1) is 10.8.